The maximum Gasteiger partial charge on any atom is 0.191 e. The minimum atomic E-state index is 0.622. The minimum absolute atomic E-state index is 0.622. The van der Waals surface area contributed by atoms with Crippen molar-refractivity contribution in [3.05, 3.63) is 36.5 Å². The third kappa shape index (κ3) is 6.76. The number of hydrogen-bond acceptors (Lipinski definition) is 3. The van der Waals surface area contributed by atoms with Crippen molar-refractivity contribution >= 4 is 16.9 Å². The molecule has 0 atom stereocenters. The standard InChI is InChI=1S/C19H30N4O2/c1-3-20-19(22-11-14-25-16-15-24-2)21-10-6-12-23-13-9-17-7-4-5-8-18(17)23/h4-5,7-9,13H,3,6,10-12,14-16H2,1-2H3,(H2,20,21,22). The molecule has 138 valence electrons. The van der Waals surface area contributed by atoms with Crippen LogP contribution in [0.5, 0.6) is 0 Å². The van der Waals surface area contributed by atoms with Gasteiger partial charge in [0.1, 0.15) is 0 Å². The van der Waals surface area contributed by atoms with E-state index in [9.17, 15) is 0 Å². The molecular weight excluding hydrogens is 316 g/mol. The summed E-state index contributed by atoms with van der Waals surface area (Å²) in [6.07, 6.45) is 3.15. The van der Waals surface area contributed by atoms with Gasteiger partial charge in [-0.2, -0.15) is 0 Å². The van der Waals surface area contributed by atoms with Gasteiger partial charge in [-0.15, -0.1) is 0 Å². The number of aliphatic imine (C=N–C) groups is 1. The molecule has 25 heavy (non-hydrogen) atoms. The number of aryl methyl sites for hydroxylation is 1. The highest BCUT2D eigenvalue weighted by atomic mass is 16.5. The molecule has 0 fully saturated rings. The van der Waals surface area contributed by atoms with E-state index in [0.717, 1.165) is 38.6 Å². The summed E-state index contributed by atoms with van der Waals surface area (Å²) in [5, 5.41) is 7.83. The molecule has 2 rings (SSSR count). The van der Waals surface area contributed by atoms with Crippen LogP contribution in [0.2, 0.25) is 0 Å². The van der Waals surface area contributed by atoms with Gasteiger partial charge in [-0.1, -0.05) is 18.2 Å². The second-order valence-electron chi connectivity index (χ2n) is 5.71. The Morgan fingerprint density at radius 2 is 2.00 bits per heavy atom. The maximum atomic E-state index is 5.44. The predicted molar refractivity (Wildman–Crippen MR) is 103 cm³/mol. The average Bonchev–Trinajstić information content (AvgIpc) is 3.04. The van der Waals surface area contributed by atoms with Crippen molar-refractivity contribution < 1.29 is 9.47 Å². The van der Waals surface area contributed by atoms with Crippen molar-refractivity contribution in [2.75, 3.05) is 46.6 Å². The summed E-state index contributed by atoms with van der Waals surface area (Å²) in [6, 6.07) is 10.6. The summed E-state index contributed by atoms with van der Waals surface area (Å²) in [5.41, 5.74) is 1.28. The number of fused-ring (bicyclic) bond motifs is 1. The fourth-order valence-electron chi connectivity index (χ4n) is 2.60. The molecular formula is C19H30N4O2. The zero-order valence-electron chi connectivity index (χ0n) is 15.3. The van der Waals surface area contributed by atoms with Gasteiger partial charge in [0.2, 0.25) is 0 Å². The monoisotopic (exact) mass is 346 g/mol. The van der Waals surface area contributed by atoms with Gasteiger partial charge in [-0.3, -0.25) is 4.99 Å². The predicted octanol–water partition coefficient (Wildman–Crippen LogP) is 2.25. The molecule has 1 aromatic heterocycles. The molecule has 0 aliphatic rings. The first-order valence-corrected chi connectivity index (χ1v) is 8.98. The van der Waals surface area contributed by atoms with Crippen molar-refractivity contribution in [3.8, 4) is 0 Å². The summed E-state index contributed by atoms with van der Waals surface area (Å²) >= 11 is 0. The lowest BCUT2D eigenvalue weighted by Crippen LogP contribution is -2.39. The van der Waals surface area contributed by atoms with Gasteiger partial charge in [0.25, 0.3) is 0 Å². The van der Waals surface area contributed by atoms with E-state index >= 15 is 0 Å². The van der Waals surface area contributed by atoms with E-state index in [2.05, 4.69) is 63.6 Å². The lowest BCUT2D eigenvalue weighted by Gasteiger charge is -2.11. The second kappa shape index (κ2) is 11.5. The van der Waals surface area contributed by atoms with Gasteiger partial charge < -0.3 is 24.7 Å². The van der Waals surface area contributed by atoms with Crippen molar-refractivity contribution in [1.82, 2.24) is 15.2 Å². The molecule has 0 saturated heterocycles. The Bertz CT molecular complexity index is 639. The van der Waals surface area contributed by atoms with E-state index in [1.54, 1.807) is 7.11 Å². The number of para-hydroxylation sites is 1. The number of methoxy groups -OCH3 is 1. The van der Waals surface area contributed by atoms with Crippen LogP contribution in [0, 0.1) is 0 Å². The quantitative estimate of drug-likeness (QED) is 0.372. The van der Waals surface area contributed by atoms with E-state index in [0.29, 0.717) is 19.8 Å². The van der Waals surface area contributed by atoms with Crippen LogP contribution in [-0.2, 0) is 16.0 Å². The Hall–Kier alpha value is -2.05. The number of benzene rings is 1. The Morgan fingerprint density at radius 1 is 1.12 bits per heavy atom. The highest BCUT2D eigenvalue weighted by Gasteiger charge is 2.00. The van der Waals surface area contributed by atoms with Crippen molar-refractivity contribution in [3.63, 3.8) is 0 Å². The molecule has 0 spiro atoms. The average molecular weight is 346 g/mol. The third-order valence-electron chi connectivity index (χ3n) is 3.82. The van der Waals surface area contributed by atoms with E-state index in [-0.39, 0.29) is 0 Å². The molecule has 0 amide bonds. The Kier molecular flexibility index (Phi) is 8.86. The van der Waals surface area contributed by atoms with Crippen molar-refractivity contribution in [2.45, 2.75) is 19.9 Å². The Balaban J connectivity index is 1.71. The van der Waals surface area contributed by atoms with E-state index in [1.807, 2.05) is 0 Å². The maximum absolute atomic E-state index is 5.44. The second-order valence-corrected chi connectivity index (χ2v) is 5.71. The van der Waals surface area contributed by atoms with Gasteiger partial charge in [-0.05, 0) is 30.9 Å². The van der Waals surface area contributed by atoms with Crippen LogP contribution in [0.3, 0.4) is 0 Å². The van der Waals surface area contributed by atoms with Gasteiger partial charge in [-0.25, -0.2) is 0 Å². The fourth-order valence-corrected chi connectivity index (χ4v) is 2.60. The van der Waals surface area contributed by atoms with Crippen LogP contribution in [0.4, 0.5) is 0 Å². The first kappa shape index (κ1) is 19.3. The molecule has 1 aromatic carbocycles. The Labute approximate surface area is 150 Å². The summed E-state index contributed by atoms with van der Waals surface area (Å²) in [4.78, 5) is 4.63. The number of nitrogens with zero attached hydrogens (tertiary/aromatic N) is 2. The zero-order chi connectivity index (χ0) is 17.7. The summed E-state index contributed by atoms with van der Waals surface area (Å²) in [5.74, 6) is 0.843. The number of ether oxygens (including phenoxy) is 2. The molecule has 0 radical (unpaired) electrons. The normalized spacial score (nSPS) is 11.8. The van der Waals surface area contributed by atoms with Crippen LogP contribution in [0.15, 0.2) is 41.5 Å². The molecule has 0 aliphatic carbocycles. The molecule has 2 N–H and O–H groups in total. The number of guanidine groups is 1. The molecule has 0 saturated carbocycles. The van der Waals surface area contributed by atoms with Crippen LogP contribution in [0.1, 0.15) is 13.3 Å². The van der Waals surface area contributed by atoms with Crippen molar-refractivity contribution in [1.29, 1.82) is 0 Å². The topological polar surface area (TPSA) is 59.8 Å². The first-order valence-electron chi connectivity index (χ1n) is 8.98. The summed E-state index contributed by atoms with van der Waals surface area (Å²) < 4.78 is 12.7. The number of nitrogens with one attached hydrogen (secondary N) is 2. The van der Waals surface area contributed by atoms with Crippen LogP contribution >= 0.6 is 0 Å². The van der Waals surface area contributed by atoms with Gasteiger partial charge in [0.05, 0.1) is 19.8 Å². The SMILES string of the molecule is CCNC(=NCCCn1ccc2ccccc21)NCCOCCOC. The Morgan fingerprint density at radius 3 is 2.84 bits per heavy atom. The van der Waals surface area contributed by atoms with Gasteiger partial charge in [0.15, 0.2) is 5.96 Å². The fraction of sp³-hybridized carbons (Fsp3) is 0.526. The lowest BCUT2D eigenvalue weighted by molar-refractivity contribution is 0.0733. The van der Waals surface area contributed by atoms with Crippen molar-refractivity contribution in [2.24, 2.45) is 4.99 Å². The van der Waals surface area contributed by atoms with Crippen LogP contribution in [0.25, 0.3) is 10.9 Å². The number of rotatable bonds is 11. The number of hydrogen-bond donors (Lipinski definition) is 2. The first-order chi connectivity index (χ1) is 12.3. The molecule has 6 heteroatoms. The smallest absolute Gasteiger partial charge is 0.191 e. The van der Waals surface area contributed by atoms with Crippen LogP contribution < -0.4 is 10.6 Å². The highest BCUT2D eigenvalue weighted by molar-refractivity contribution is 5.80. The molecule has 0 bridgehead atoms. The molecule has 0 unspecified atom stereocenters. The largest absolute Gasteiger partial charge is 0.382 e. The highest BCUT2D eigenvalue weighted by Crippen LogP contribution is 2.15. The number of aromatic nitrogens is 1. The van der Waals surface area contributed by atoms with Crippen LogP contribution in [-0.4, -0.2) is 57.1 Å². The lowest BCUT2D eigenvalue weighted by atomic mass is 10.2. The molecule has 0 aliphatic heterocycles. The minimum Gasteiger partial charge on any atom is -0.382 e. The van der Waals surface area contributed by atoms with E-state index in [1.165, 1.54) is 10.9 Å². The third-order valence-corrected chi connectivity index (χ3v) is 3.82. The summed E-state index contributed by atoms with van der Waals surface area (Å²) in [7, 11) is 1.67. The zero-order valence-corrected chi connectivity index (χ0v) is 15.3. The molecule has 2 aromatic rings. The van der Waals surface area contributed by atoms with E-state index < -0.39 is 0 Å². The van der Waals surface area contributed by atoms with E-state index in [4.69, 9.17) is 9.47 Å². The molecule has 1 heterocycles. The summed E-state index contributed by atoms with van der Waals surface area (Å²) in [6.45, 7) is 7.29. The van der Waals surface area contributed by atoms with Gasteiger partial charge >= 0.3 is 0 Å². The van der Waals surface area contributed by atoms with Gasteiger partial charge in [0, 0.05) is 45.0 Å². The molecule has 6 nitrogen and oxygen atoms in total.